The van der Waals surface area contributed by atoms with Gasteiger partial charge in [-0.1, -0.05) is 19.1 Å². The summed E-state index contributed by atoms with van der Waals surface area (Å²) in [7, 11) is 1.64. The number of aliphatic hydroxyl groups is 1. The Kier molecular flexibility index (Phi) is 6.32. The summed E-state index contributed by atoms with van der Waals surface area (Å²) in [6.07, 6.45) is -0.550. The molecule has 0 aliphatic carbocycles. The van der Waals surface area contributed by atoms with Crippen LogP contribution >= 0.6 is 0 Å². The number of hydrogen-bond acceptors (Lipinski definition) is 3. The minimum Gasteiger partial charge on any atom is -0.389 e. The molecule has 0 radical (unpaired) electrons. The number of ether oxygens (including phenoxy) is 1. The SMILES string of the molecule is COCC(C)CNC(=O)Nc1cccc(C(C)O)c1. The van der Waals surface area contributed by atoms with E-state index in [-0.39, 0.29) is 11.9 Å². The Balaban J connectivity index is 2.46. The van der Waals surface area contributed by atoms with E-state index in [4.69, 9.17) is 4.74 Å². The maximum Gasteiger partial charge on any atom is 0.319 e. The molecule has 0 fully saturated rings. The van der Waals surface area contributed by atoms with Gasteiger partial charge >= 0.3 is 6.03 Å². The van der Waals surface area contributed by atoms with Gasteiger partial charge in [0.2, 0.25) is 0 Å². The first-order valence-electron chi connectivity index (χ1n) is 6.34. The number of carbonyl (C=O) groups excluding carboxylic acids is 1. The summed E-state index contributed by atoms with van der Waals surface area (Å²) in [6.45, 7) is 4.84. The molecule has 0 bridgehead atoms. The van der Waals surface area contributed by atoms with Crippen LogP contribution in [0.15, 0.2) is 24.3 Å². The topological polar surface area (TPSA) is 70.6 Å². The molecular weight excluding hydrogens is 244 g/mol. The first-order valence-corrected chi connectivity index (χ1v) is 6.34. The second-order valence-corrected chi connectivity index (χ2v) is 4.70. The molecule has 2 unspecified atom stereocenters. The number of amides is 2. The Morgan fingerprint density at radius 1 is 1.42 bits per heavy atom. The molecule has 1 aromatic carbocycles. The summed E-state index contributed by atoms with van der Waals surface area (Å²) in [4.78, 5) is 11.7. The number of nitrogens with one attached hydrogen (secondary N) is 2. The number of methoxy groups -OCH3 is 1. The molecule has 0 aromatic heterocycles. The summed E-state index contributed by atoms with van der Waals surface area (Å²) in [6, 6.07) is 6.89. The Bertz CT molecular complexity index is 407. The molecular formula is C14H22N2O3. The van der Waals surface area contributed by atoms with Crippen LogP contribution < -0.4 is 10.6 Å². The molecule has 0 saturated carbocycles. The smallest absolute Gasteiger partial charge is 0.319 e. The van der Waals surface area contributed by atoms with Gasteiger partial charge in [0.15, 0.2) is 0 Å². The van der Waals surface area contributed by atoms with E-state index in [1.165, 1.54) is 0 Å². The fourth-order valence-corrected chi connectivity index (χ4v) is 1.66. The molecule has 5 heteroatoms. The van der Waals surface area contributed by atoms with Crippen molar-refractivity contribution < 1.29 is 14.6 Å². The molecule has 1 rings (SSSR count). The van der Waals surface area contributed by atoms with Crippen molar-refractivity contribution in [3.05, 3.63) is 29.8 Å². The molecule has 5 nitrogen and oxygen atoms in total. The maximum atomic E-state index is 11.7. The maximum absolute atomic E-state index is 11.7. The number of carbonyl (C=O) groups is 1. The van der Waals surface area contributed by atoms with Crippen molar-refractivity contribution in [3.8, 4) is 0 Å². The number of benzene rings is 1. The van der Waals surface area contributed by atoms with Crippen molar-refractivity contribution in [1.82, 2.24) is 5.32 Å². The van der Waals surface area contributed by atoms with Crippen LogP contribution in [0.4, 0.5) is 10.5 Å². The van der Waals surface area contributed by atoms with Crippen molar-refractivity contribution in [2.45, 2.75) is 20.0 Å². The highest BCUT2D eigenvalue weighted by Crippen LogP contribution is 2.16. The van der Waals surface area contributed by atoms with E-state index >= 15 is 0 Å². The zero-order valence-electron chi connectivity index (χ0n) is 11.6. The molecule has 0 aliphatic rings. The van der Waals surface area contributed by atoms with E-state index in [0.29, 0.717) is 18.8 Å². The summed E-state index contributed by atoms with van der Waals surface area (Å²) in [5.74, 6) is 0.263. The quantitative estimate of drug-likeness (QED) is 0.739. The average molecular weight is 266 g/mol. The summed E-state index contributed by atoms with van der Waals surface area (Å²) < 4.78 is 5.00. The van der Waals surface area contributed by atoms with E-state index < -0.39 is 6.10 Å². The summed E-state index contributed by atoms with van der Waals surface area (Å²) in [5.41, 5.74) is 1.43. The largest absolute Gasteiger partial charge is 0.389 e. The molecule has 0 heterocycles. The highest BCUT2D eigenvalue weighted by Gasteiger charge is 2.07. The van der Waals surface area contributed by atoms with Gasteiger partial charge in [0.05, 0.1) is 12.7 Å². The highest BCUT2D eigenvalue weighted by molar-refractivity contribution is 5.89. The van der Waals surface area contributed by atoms with Crippen molar-refractivity contribution in [3.63, 3.8) is 0 Å². The van der Waals surface area contributed by atoms with Gasteiger partial charge in [-0.25, -0.2) is 4.79 Å². The fraction of sp³-hybridized carbons (Fsp3) is 0.500. The number of hydrogen-bond donors (Lipinski definition) is 3. The van der Waals surface area contributed by atoms with Crippen LogP contribution in [0.1, 0.15) is 25.5 Å². The third-order valence-electron chi connectivity index (χ3n) is 2.69. The van der Waals surface area contributed by atoms with Gasteiger partial charge in [-0.15, -0.1) is 0 Å². The molecule has 2 amide bonds. The fourth-order valence-electron chi connectivity index (χ4n) is 1.66. The lowest BCUT2D eigenvalue weighted by Crippen LogP contribution is -2.33. The number of anilines is 1. The minimum atomic E-state index is -0.550. The van der Waals surface area contributed by atoms with Gasteiger partial charge in [-0.2, -0.15) is 0 Å². The van der Waals surface area contributed by atoms with Crippen LogP contribution in [0.2, 0.25) is 0 Å². The predicted octanol–water partition coefficient (Wildman–Crippen LogP) is 2.14. The Morgan fingerprint density at radius 2 is 2.16 bits per heavy atom. The lowest BCUT2D eigenvalue weighted by atomic mass is 10.1. The summed E-state index contributed by atoms with van der Waals surface area (Å²) >= 11 is 0. The second kappa shape index (κ2) is 7.76. The first kappa shape index (κ1) is 15.5. The molecule has 19 heavy (non-hydrogen) atoms. The van der Waals surface area contributed by atoms with Gasteiger partial charge in [0.1, 0.15) is 0 Å². The predicted molar refractivity (Wildman–Crippen MR) is 75.1 cm³/mol. The van der Waals surface area contributed by atoms with E-state index in [1.54, 1.807) is 32.2 Å². The zero-order valence-corrected chi connectivity index (χ0v) is 11.6. The van der Waals surface area contributed by atoms with Gasteiger partial charge in [-0.3, -0.25) is 0 Å². The van der Waals surface area contributed by atoms with Gasteiger partial charge < -0.3 is 20.5 Å². The lowest BCUT2D eigenvalue weighted by molar-refractivity contribution is 0.159. The van der Waals surface area contributed by atoms with E-state index in [2.05, 4.69) is 10.6 Å². The molecule has 1 aromatic rings. The van der Waals surface area contributed by atoms with Crippen molar-refractivity contribution in [1.29, 1.82) is 0 Å². The first-order chi connectivity index (χ1) is 9.02. The molecule has 0 aliphatic heterocycles. The highest BCUT2D eigenvalue weighted by atomic mass is 16.5. The second-order valence-electron chi connectivity index (χ2n) is 4.70. The van der Waals surface area contributed by atoms with E-state index in [9.17, 15) is 9.90 Å². The molecule has 3 N–H and O–H groups in total. The van der Waals surface area contributed by atoms with Crippen molar-refractivity contribution in [2.75, 3.05) is 25.6 Å². The van der Waals surface area contributed by atoms with Crippen molar-refractivity contribution >= 4 is 11.7 Å². The van der Waals surface area contributed by atoms with Gasteiger partial charge in [-0.05, 0) is 30.5 Å². The van der Waals surface area contributed by atoms with Crippen molar-refractivity contribution in [2.24, 2.45) is 5.92 Å². The molecule has 106 valence electrons. The van der Waals surface area contributed by atoms with Crippen LogP contribution in [-0.2, 0) is 4.74 Å². The average Bonchev–Trinajstić information content (AvgIpc) is 2.37. The number of rotatable bonds is 6. The van der Waals surface area contributed by atoms with Crippen LogP contribution in [0, 0.1) is 5.92 Å². The Labute approximate surface area is 114 Å². The van der Waals surface area contributed by atoms with E-state index in [1.807, 2.05) is 13.0 Å². The van der Waals surface area contributed by atoms with E-state index in [0.717, 1.165) is 5.56 Å². The standard InChI is InChI=1S/C14H22N2O3/c1-10(9-19-3)8-15-14(18)16-13-6-4-5-12(7-13)11(2)17/h4-7,10-11,17H,8-9H2,1-3H3,(H2,15,16,18). The van der Waals surface area contributed by atoms with Crippen LogP contribution in [0.3, 0.4) is 0 Å². The Hall–Kier alpha value is -1.59. The van der Waals surface area contributed by atoms with Crippen LogP contribution in [-0.4, -0.2) is 31.4 Å². The molecule has 0 spiro atoms. The molecule has 0 saturated heterocycles. The van der Waals surface area contributed by atoms with Crippen LogP contribution in [0.25, 0.3) is 0 Å². The normalized spacial score (nSPS) is 13.7. The van der Waals surface area contributed by atoms with Gasteiger partial charge in [0.25, 0.3) is 0 Å². The lowest BCUT2D eigenvalue weighted by Gasteiger charge is -2.13. The summed E-state index contributed by atoms with van der Waals surface area (Å²) in [5, 5.41) is 15.0. The third kappa shape index (κ3) is 5.72. The minimum absolute atomic E-state index is 0.259. The zero-order chi connectivity index (χ0) is 14.3. The number of urea groups is 1. The van der Waals surface area contributed by atoms with Gasteiger partial charge in [0, 0.05) is 19.3 Å². The number of aliphatic hydroxyl groups excluding tert-OH is 1. The van der Waals surface area contributed by atoms with Crippen LogP contribution in [0.5, 0.6) is 0 Å². The monoisotopic (exact) mass is 266 g/mol. The Morgan fingerprint density at radius 3 is 2.79 bits per heavy atom. The molecule has 2 atom stereocenters. The third-order valence-corrected chi connectivity index (χ3v) is 2.69.